The van der Waals surface area contributed by atoms with Crippen molar-refractivity contribution in [3.05, 3.63) is 0 Å². The topological polar surface area (TPSA) is 9.23 Å². The minimum Gasteiger partial charge on any atom is -0.300 e. The summed E-state index contributed by atoms with van der Waals surface area (Å²) in [4.78, 5) is 0. The smallest absolute Gasteiger partial charge is 0.300 e. The molecule has 0 heterocycles. The number of halogens is 4. The number of hydrogen-bond donors (Lipinski definition) is 0. The fourth-order valence-electron chi connectivity index (χ4n) is 0.113. The standard InChI is InChI=1S/C2H3F4OP/c3-2(4)1-7-8(5)6/h2H,1H2. The van der Waals surface area contributed by atoms with Crippen molar-refractivity contribution in [2.75, 3.05) is 6.61 Å². The summed E-state index contributed by atoms with van der Waals surface area (Å²) >= 11 is 0. The first kappa shape index (κ1) is 8.11. The molecule has 0 bridgehead atoms. The SMILES string of the molecule is FC(F)COP(F)F. The van der Waals surface area contributed by atoms with Crippen LogP contribution in [0.1, 0.15) is 0 Å². The quantitative estimate of drug-likeness (QED) is 0.443. The molecule has 0 saturated carbocycles. The largest absolute Gasteiger partial charge is 0.415 e. The zero-order valence-electron chi connectivity index (χ0n) is 3.65. The van der Waals surface area contributed by atoms with Crippen molar-refractivity contribution in [3.8, 4) is 0 Å². The van der Waals surface area contributed by atoms with Crippen molar-refractivity contribution in [2.45, 2.75) is 6.43 Å². The molecule has 50 valence electrons. The molecule has 0 radical (unpaired) electrons. The first-order valence-corrected chi connectivity index (χ1v) is 2.70. The van der Waals surface area contributed by atoms with Gasteiger partial charge in [-0.05, 0) is 0 Å². The highest BCUT2D eigenvalue weighted by Crippen LogP contribution is 2.39. The van der Waals surface area contributed by atoms with Crippen LogP contribution in [0.5, 0.6) is 0 Å². The molecule has 0 unspecified atom stereocenters. The second kappa shape index (κ2) is 4.04. The average Bonchev–Trinajstić information content (AvgIpc) is 1.61. The molecule has 0 aromatic rings. The normalized spacial score (nSPS) is 11.2. The Morgan fingerprint density at radius 2 is 1.88 bits per heavy atom. The molecule has 0 spiro atoms. The molecular formula is C2H3F4OP. The summed E-state index contributed by atoms with van der Waals surface area (Å²) in [5, 5.41) is 0. The van der Waals surface area contributed by atoms with Gasteiger partial charge in [0.05, 0.1) is 0 Å². The van der Waals surface area contributed by atoms with Gasteiger partial charge in [0.25, 0.3) is 6.43 Å². The van der Waals surface area contributed by atoms with Crippen LogP contribution >= 0.6 is 8.77 Å². The van der Waals surface area contributed by atoms with Crippen LogP contribution in [0.4, 0.5) is 17.2 Å². The van der Waals surface area contributed by atoms with Gasteiger partial charge in [0.1, 0.15) is 6.61 Å². The lowest BCUT2D eigenvalue weighted by molar-refractivity contribution is 0.0815. The number of alkyl halides is 2. The van der Waals surface area contributed by atoms with E-state index in [0.717, 1.165) is 0 Å². The Kier molecular flexibility index (Phi) is 4.09. The Hall–Kier alpha value is 0.110. The Morgan fingerprint density at radius 3 is 2.00 bits per heavy atom. The molecule has 0 aromatic heterocycles. The van der Waals surface area contributed by atoms with Crippen LogP contribution in [0.2, 0.25) is 0 Å². The van der Waals surface area contributed by atoms with Gasteiger partial charge in [-0.3, -0.25) is 4.52 Å². The molecule has 0 rings (SSSR count). The first-order valence-electron chi connectivity index (χ1n) is 1.65. The third-order valence-electron chi connectivity index (χ3n) is 0.298. The predicted molar refractivity (Wildman–Crippen MR) is 21.1 cm³/mol. The molecule has 0 aromatic carbocycles. The lowest BCUT2D eigenvalue weighted by atomic mass is 10.8. The summed E-state index contributed by atoms with van der Waals surface area (Å²) in [5.74, 6) is 0. The molecule has 0 atom stereocenters. The predicted octanol–water partition coefficient (Wildman–Crippen LogP) is 2.43. The van der Waals surface area contributed by atoms with Crippen molar-refractivity contribution in [3.63, 3.8) is 0 Å². The maximum absolute atomic E-state index is 10.9. The molecule has 1 nitrogen and oxygen atoms in total. The third kappa shape index (κ3) is 6.11. The lowest BCUT2D eigenvalue weighted by Gasteiger charge is -1.96. The van der Waals surface area contributed by atoms with Crippen LogP contribution < -0.4 is 0 Å². The third-order valence-corrected chi connectivity index (χ3v) is 0.642. The molecule has 6 heteroatoms. The second-order valence-electron chi connectivity index (χ2n) is 0.889. The molecule has 0 aliphatic carbocycles. The van der Waals surface area contributed by atoms with Gasteiger partial charge in [-0.25, -0.2) is 8.78 Å². The van der Waals surface area contributed by atoms with E-state index in [-0.39, 0.29) is 0 Å². The van der Waals surface area contributed by atoms with Crippen LogP contribution in [0.25, 0.3) is 0 Å². The van der Waals surface area contributed by atoms with Gasteiger partial charge in [-0.1, -0.05) is 0 Å². The van der Waals surface area contributed by atoms with Crippen molar-refractivity contribution in [1.29, 1.82) is 0 Å². The Bertz CT molecular complexity index is 50.0. The van der Waals surface area contributed by atoms with Gasteiger partial charge in [-0.2, -0.15) is 8.39 Å². The van der Waals surface area contributed by atoms with E-state index in [2.05, 4.69) is 4.52 Å². The Balaban J connectivity index is 2.93. The number of hydrogen-bond acceptors (Lipinski definition) is 1. The van der Waals surface area contributed by atoms with Crippen LogP contribution in [-0.4, -0.2) is 13.0 Å². The fraction of sp³-hybridized carbons (Fsp3) is 1.00. The van der Waals surface area contributed by atoms with Crippen LogP contribution in [0, 0.1) is 0 Å². The van der Waals surface area contributed by atoms with E-state index in [1.54, 1.807) is 0 Å². The maximum atomic E-state index is 10.9. The van der Waals surface area contributed by atoms with Gasteiger partial charge in [0, 0.05) is 0 Å². The summed E-state index contributed by atoms with van der Waals surface area (Å²) in [6.07, 6.45) is -2.80. The number of rotatable bonds is 3. The van der Waals surface area contributed by atoms with Crippen LogP contribution in [-0.2, 0) is 4.52 Å². The summed E-state index contributed by atoms with van der Waals surface area (Å²) in [6, 6.07) is 0. The van der Waals surface area contributed by atoms with Crippen molar-refractivity contribution >= 4 is 8.77 Å². The summed E-state index contributed by atoms with van der Waals surface area (Å²) in [7, 11) is -3.61. The highest BCUT2D eigenvalue weighted by Gasteiger charge is 2.09. The van der Waals surface area contributed by atoms with Crippen LogP contribution in [0.15, 0.2) is 0 Å². The minimum absolute atomic E-state index is 1.17. The van der Waals surface area contributed by atoms with E-state index in [0.29, 0.717) is 0 Å². The van der Waals surface area contributed by atoms with Crippen molar-refractivity contribution in [2.24, 2.45) is 0 Å². The minimum atomic E-state index is -3.61. The Morgan fingerprint density at radius 1 is 1.38 bits per heavy atom. The monoisotopic (exact) mass is 150 g/mol. The van der Waals surface area contributed by atoms with E-state index < -0.39 is 21.8 Å². The zero-order chi connectivity index (χ0) is 6.57. The molecule has 8 heavy (non-hydrogen) atoms. The summed E-state index contributed by atoms with van der Waals surface area (Å²) < 4.78 is 47.0. The fourth-order valence-corrected chi connectivity index (χ4v) is 0.338. The van der Waals surface area contributed by atoms with Crippen LogP contribution in [0.3, 0.4) is 0 Å². The maximum Gasteiger partial charge on any atom is 0.415 e. The summed E-state index contributed by atoms with van der Waals surface area (Å²) in [5.41, 5.74) is 0. The van der Waals surface area contributed by atoms with E-state index in [4.69, 9.17) is 0 Å². The summed E-state index contributed by atoms with van der Waals surface area (Å²) in [6.45, 7) is -1.17. The van der Waals surface area contributed by atoms with Gasteiger partial charge in [0.15, 0.2) is 0 Å². The van der Waals surface area contributed by atoms with Gasteiger partial charge < -0.3 is 0 Å². The molecule has 0 aliphatic rings. The van der Waals surface area contributed by atoms with Crippen molar-refractivity contribution in [1.82, 2.24) is 0 Å². The highest BCUT2D eigenvalue weighted by atomic mass is 31.2. The van der Waals surface area contributed by atoms with E-state index in [1.165, 1.54) is 0 Å². The molecule has 0 aliphatic heterocycles. The van der Waals surface area contributed by atoms with Crippen molar-refractivity contribution < 1.29 is 21.7 Å². The molecular weight excluding hydrogens is 147 g/mol. The molecule has 0 fully saturated rings. The molecule has 0 saturated heterocycles. The second-order valence-corrected chi connectivity index (χ2v) is 1.55. The van der Waals surface area contributed by atoms with Gasteiger partial charge >= 0.3 is 8.77 Å². The highest BCUT2D eigenvalue weighted by molar-refractivity contribution is 7.40. The van der Waals surface area contributed by atoms with Gasteiger partial charge in [-0.15, -0.1) is 0 Å². The molecule has 0 N–H and O–H groups in total. The van der Waals surface area contributed by atoms with E-state index in [9.17, 15) is 17.2 Å². The zero-order valence-corrected chi connectivity index (χ0v) is 4.55. The van der Waals surface area contributed by atoms with E-state index >= 15 is 0 Å². The first-order chi connectivity index (χ1) is 3.63. The molecule has 0 amide bonds. The average molecular weight is 150 g/mol. The Labute approximate surface area is 44.7 Å². The van der Waals surface area contributed by atoms with E-state index in [1.807, 2.05) is 0 Å². The van der Waals surface area contributed by atoms with Gasteiger partial charge in [0.2, 0.25) is 0 Å². The lowest BCUT2D eigenvalue weighted by Crippen LogP contribution is -1.98.